The Hall–Kier alpha value is -2.12. The van der Waals surface area contributed by atoms with Crippen molar-refractivity contribution < 1.29 is 9.18 Å². The molecule has 0 saturated carbocycles. The Morgan fingerprint density at radius 2 is 2.09 bits per heavy atom. The zero-order valence-electron chi connectivity index (χ0n) is 12.4. The number of hydrogen-bond donors (Lipinski definition) is 1. The van der Waals surface area contributed by atoms with Crippen LogP contribution in [0.1, 0.15) is 30.9 Å². The first-order chi connectivity index (χ1) is 11.1. The van der Waals surface area contributed by atoms with Gasteiger partial charge in [-0.25, -0.2) is 14.4 Å². The molecule has 1 aromatic carbocycles. The Kier molecular flexibility index (Phi) is 4.78. The van der Waals surface area contributed by atoms with Crippen molar-refractivity contribution in [2.24, 2.45) is 0 Å². The lowest BCUT2D eigenvalue weighted by Gasteiger charge is -2.00. The third-order valence-corrected chi connectivity index (χ3v) is 4.96. The van der Waals surface area contributed by atoms with Crippen LogP contribution in [0, 0.1) is 12.7 Å². The van der Waals surface area contributed by atoms with Gasteiger partial charge in [-0.05, 0) is 24.6 Å². The molecular weight excluding hydrogens is 333 g/mol. The number of amides is 1. The third-order valence-electron chi connectivity index (χ3n) is 3.14. The molecule has 2 aromatic heterocycles. The van der Waals surface area contributed by atoms with Gasteiger partial charge in [0.05, 0.1) is 28.5 Å². The Bertz CT molecular complexity index is 811. The number of aryl methyl sites for hydroxylation is 1. The summed E-state index contributed by atoms with van der Waals surface area (Å²) in [5, 5.41) is 6.58. The summed E-state index contributed by atoms with van der Waals surface area (Å²) in [5.41, 5.74) is 1.82. The van der Waals surface area contributed by atoms with E-state index >= 15 is 0 Å². The first-order valence-corrected chi connectivity index (χ1v) is 8.68. The molecule has 0 aliphatic rings. The molecule has 23 heavy (non-hydrogen) atoms. The molecule has 0 spiro atoms. The molecule has 0 atom stereocenters. The zero-order valence-corrected chi connectivity index (χ0v) is 14.0. The number of thiazole rings is 2. The standard InChI is InChI=1S/C16H14FN3OS2/c1-10-20-13(9-22-10)7-19-16(21)14-8-18-15(23-14)6-11-2-4-12(17)5-3-11/h2-5,8-9H,6-7H2,1H3,(H,19,21). The van der Waals surface area contributed by atoms with Gasteiger partial charge in [0.25, 0.3) is 5.91 Å². The van der Waals surface area contributed by atoms with Crippen molar-refractivity contribution in [3.63, 3.8) is 0 Å². The molecule has 1 N–H and O–H groups in total. The SMILES string of the molecule is Cc1nc(CNC(=O)c2cnc(Cc3ccc(F)cc3)s2)cs1. The van der Waals surface area contributed by atoms with E-state index in [1.807, 2.05) is 12.3 Å². The second-order valence-electron chi connectivity index (χ2n) is 4.96. The third kappa shape index (κ3) is 4.20. The number of halogens is 1. The van der Waals surface area contributed by atoms with Crippen molar-refractivity contribution in [3.05, 3.63) is 67.8 Å². The van der Waals surface area contributed by atoms with Crippen LogP contribution in [0.2, 0.25) is 0 Å². The largest absolute Gasteiger partial charge is 0.346 e. The van der Waals surface area contributed by atoms with Gasteiger partial charge in [-0.3, -0.25) is 4.79 Å². The van der Waals surface area contributed by atoms with Gasteiger partial charge < -0.3 is 5.32 Å². The number of carbonyl (C=O) groups is 1. The topological polar surface area (TPSA) is 54.9 Å². The van der Waals surface area contributed by atoms with Gasteiger partial charge >= 0.3 is 0 Å². The monoisotopic (exact) mass is 347 g/mol. The van der Waals surface area contributed by atoms with Crippen molar-refractivity contribution in [1.82, 2.24) is 15.3 Å². The molecule has 0 saturated heterocycles. The Morgan fingerprint density at radius 3 is 2.78 bits per heavy atom. The van der Waals surface area contributed by atoms with E-state index in [2.05, 4.69) is 15.3 Å². The minimum absolute atomic E-state index is 0.154. The van der Waals surface area contributed by atoms with Crippen LogP contribution in [0.4, 0.5) is 4.39 Å². The van der Waals surface area contributed by atoms with Crippen molar-refractivity contribution in [2.45, 2.75) is 19.9 Å². The highest BCUT2D eigenvalue weighted by molar-refractivity contribution is 7.13. The number of rotatable bonds is 5. The molecule has 7 heteroatoms. The molecule has 0 fully saturated rings. The van der Waals surface area contributed by atoms with Gasteiger partial charge in [-0.1, -0.05) is 12.1 Å². The number of nitrogens with one attached hydrogen (secondary N) is 1. The maximum atomic E-state index is 12.9. The maximum Gasteiger partial charge on any atom is 0.263 e. The summed E-state index contributed by atoms with van der Waals surface area (Å²) < 4.78 is 12.9. The molecule has 3 rings (SSSR count). The quantitative estimate of drug-likeness (QED) is 0.768. The second kappa shape index (κ2) is 6.97. The molecule has 2 heterocycles. The minimum atomic E-state index is -0.259. The molecule has 0 aliphatic carbocycles. The first kappa shape index (κ1) is 15.8. The highest BCUT2D eigenvalue weighted by Crippen LogP contribution is 2.17. The predicted molar refractivity (Wildman–Crippen MR) is 89.3 cm³/mol. The average Bonchev–Trinajstić information content (AvgIpc) is 3.16. The lowest BCUT2D eigenvalue weighted by atomic mass is 10.2. The molecule has 0 bridgehead atoms. The number of hydrogen-bond acceptors (Lipinski definition) is 5. The van der Waals surface area contributed by atoms with Gasteiger partial charge in [0.15, 0.2) is 0 Å². The van der Waals surface area contributed by atoms with Crippen molar-refractivity contribution in [2.75, 3.05) is 0 Å². The smallest absolute Gasteiger partial charge is 0.263 e. The minimum Gasteiger partial charge on any atom is -0.346 e. The van der Waals surface area contributed by atoms with Crippen molar-refractivity contribution in [1.29, 1.82) is 0 Å². The number of carbonyl (C=O) groups excluding carboxylic acids is 1. The van der Waals surface area contributed by atoms with Gasteiger partial charge in [0.2, 0.25) is 0 Å². The molecule has 3 aromatic rings. The fourth-order valence-electron chi connectivity index (χ4n) is 2.02. The van der Waals surface area contributed by atoms with Gasteiger partial charge in [0, 0.05) is 11.8 Å². The zero-order chi connectivity index (χ0) is 16.2. The molecule has 0 unspecified atom stereocenters. The molecule has 4 nitrogen and oxygen atoms in total. The van der Waals surface area contributed by atoms with Crippen LogP contribution in [-0.2, 0) is 13.0 Å². The Balaban J connectivity index is 1.59. The lowest BCUT2D eigenvalue weighted by Crippen LogP contribution is -2.21. The van der Waals surface area contributed by atoms with E-state index in [1.165, 1.54) is 23.5 Å². The van der Waals surface area contributed by atoms with E-state index in [-0.39, 0.29) is 11.7 Å². The number of benzene rings is 1. The van der Waals surface area contributed by atoms with Crippen LogP contribution in [0.25, 0.3) is 0 Å². The maximum absolute atomic E-state index is 12.9. The second-order valence-corrected chi connectivity index (χ2v) is 7.14. The van der Waals surface area contributed by atoms with E-state index in [0.29, 0.717) is 17.8 Å². The Morgan fingerprint density at radius 1 is 1.30 bits per heavy atom. The predicted octanol–water partition coefficient (Wildman–Crippen LogP) is 3.57. The van der Waals surface area contributed by atoms with Crippen molar-refractivity contribution >= 4 is 28.6 Å². The summed E-state index contributed by atoms with van der Waals surface area (Å²) in [4.78, 5) is 21.3. The van der Waals surface area contributed by atoms with Crippen LogP contribution in [0.5, 0.6) is 0 Å². The van der Waals surface area contributed by atoms with E-state index in [9.17, 15) is 9.18 Å². The van der Waals surface area contributed by atoms with Crippen molar-refractivity contribution in [3.8, 4) is 0 Å². The summed E-state index contributed by atoms with van der Waals surface area (Å²) in [6.45, 7) is 2.34. The molecule has 0 aliphatic heterocycles. The summed E-state index contributed by atoms with van der Waals surface area (Å²) in [6.07, 6.45) is 2.16. The number of aromatic nitrogens is 2. The fourth-order valence-corrected chi connectivity index (χ4v) is 3.50. The van der Waals surface area contributed by atoms with E-state index < -0.39 is 0 Å². The molecule has 118 valence electrons. The highest BCUT2D eigenvalue weighted by atomic mass is 32.1. The van der Waals surface area contributed by atoms with Crippen LogP contribution in [-0.4, -0.2) is 15.9 Å². The highest BCUT2D eigenvalue weighted by Gasteiger charge is 2.11. The van der Waals surface area contributed by atoms with Gasteiger partial charge in [-0.15, -0.1) is 22.7 Å². The summed E-state index contributed by atoms with van der Waals surface area (Å²) in [7, 11) is 0. The number of nitrogens with zero attached hydrogens (tertiary/aromatic N) is 2. The van der Waals surface area contributed by atoms with Crippen LogP contribution >= 0.6 is 22.7 Å². The van der Waals surface area contributed by atoms with Gasteiger partial charge in [-0.2, -0.15) is 0 Å². The molecular formula is C16H14FN3OS2. The normalized spacial score (nSPS) is 10.7. The first-order valence-electron chi connectivity index (χ1n) is 6.98. The molecule has 1 amide bonds. The van der Waals surface area contributed by atoms with E-state index in [0.717, 1.165) is 21.3 Å². The van der Waals surface area contributed by atoms with Gasteiger partial charge in [0.1, 0.15) is 10.7 Å². The lowest BCUT2D eigenvalue weighted by molar-refractivity contribution is 0.0954. The summed E-state index contributed by atoms with van der Waals surface area (Å²) in [5.74, 6) is -0.413. The summed E-state index contributed by atoms with van der Waals surface area (Å²) >= 11 is 2.91. The fraction of sp³-hybridized carbons (Fsp3) is 0.188. The van der Waals surface area contributed by atoms with Crippen LogP contribution in [0.3, 0.4) is 0 Å². The molecule has 0 radical (unpaired) electrons. The average molecular weight is 347 g/mol. The Labute approximate surface area is 141 Å². The van der Waals surface area contributed by atoms with E-state index in [4.69, 9.17) is 0 Å². The van der Waals surface area contributed by atoms with E-state index in [1.54, 1.807) is 29.7 Å². The summed E-state index contributed by atoms with van der Waals surface area (Å²) in [6, 6.07) is 6.29. The van der Waals surface area contributed by atoms with Crippen LogP contribution in [0.15, 0.2) is 35.8 Å². The van der Waals surface area contributed by atoms with Crippen LogP contribution < -0.4 is 5.32 Å².